The van der Waals surface area contributed by atoms with Crippen molar-refractivity contribution in [2.24, 2.45) is 5.10 Å². The molecular formula is C18H16BrN3O2. The quantitative estimate of drug-likeness (QED) is 0.524. The van der Waals surface area contributed by atoms with E-state index in [1.54, 1.807) is 12.1 Å². The second-order valence-electron chi connectivity index (χ2n) is 5.89. The lowest BCUT2D eigenvalue weighted by Gasteiger charge is -2.10. The number of carbonyl (C=O) groups is 1. The first-order chi connectivity index (χ1) is 11.7. The van der Waals surface area contributed by atoms with Gasteiger partial charge in [-0.1, -0.05) is 0 Å². The van der Waals surface area contributed by atoms with E-state index in [4.69, 9.17) is 4.42 Å². The average molecular weight is 386 g/mol. The maximum atomic E-state index is 12.3. The lowest BCUT2D eigenvalue weighted by Crippen LogP contribution is -2.17. The van der Waals surface area contributed by atoms with Gasteiger partial charge in [0.05, 0.1) is 6.21 Å². The molecule has 0 unspecified atom stereocenters. The van der Waals surface area contributed by atoms with Crippen LogP contribution in [0.25, 0.3) is 10.9 Å². The SMILES string of the molecule is O=C(N/N=C/c1ccc(Br)o1)c1ccc2[nH]c3c(c2c1)CCCC3. The van der Waals surface area contributed by atoms with Crippen molar-refractivity contribution in [2.45, 2.75) is 25.7 Å². The van der Waals surface area contributed by atoms with Crippen LogP contribution in [0, 0.1) is 0 Å². The van der Waals surface area contributed by atoms with Gasteiger partial charge in [-0.25, -0.2) is 5.43 Å². The Kier molecular flexibility index (Phi) is 3.98. The Morgan fingerprint density at radius 3 is 2.96 bits per heavy atom. The fourth-order valence-corrected chi connectivity index (χ4v) is 3.48. The first-order valence-electron chi connectivity index (χ1n) is 7.93. The van der Waals surface area contributed by atoms with Crippen LogP contribution >= 0.6 is 15.9 Å². The van der Waals surface area contributed by atoms with Gasteiger partial charge < -0.3 is 9.40 Å². The predicted octanol–water partition coefficient (Wildman–Crippen LogP) is 4.17. The lowest BCUT2D eigenvalue weighted by molar-refractivity contribution is 0.0955. The summed E-state index contributed by atoms with van der Waals surface area (Å²) in [6.07, 6.45) is 6.07. The van der Waals surface area contributed by atoms with Gasteiger partial charge in [-0.15, -0.1) is 0 Å². The van der Waals surface area contributed by atoms with E-state index in [0.29, 0.717) is 16.0 Å². The Morgan fingerprint density at radius 2 is 2.12 bits per heavy atom. The number of aromatic amines is 1. The van der Waals surface area contributed by atoms with Crippen LogP contribution in [0.15, 0.2) is 44.5 Å². The molecule has 1 aliphatic carbocycles. The molecule has 6 heteroatoms. The van der Waals surface area contributed by atoms with Gasteiger partial charge in [0.1, 0.15) is 5.76 Å². The summed E-state index contributed by atoms with van der Waals surface area (Å²) in [4.78, 5) is 15.8. The van der Waals surface area contributed by atoms with Gasteiger partial charge in [0, 0.05) is 22.2 Å². The monoisotopic (exact) mass is 385 g/mol. The van der Waals surface area contributed by atoms with Crippen molar-refractivity contribution < 1.29 is 9.21 Å². The number of H-pyrrole nitrogens is 1. The van der Waals surface area contributed by atoms with E-state index in [2.05, 4.69) is 31.4 Å². The van der Waals surface area contributed by atoms with Crippen LogP contribution in [-0.2, 0) is 12.8 Å². The minimum Gasteiger partial charge on any atom is -0.448 e. The minimum absolute atomic E-state index is 0.232. The summed E-state index contributed by atoms with van der Waals surface area (Å²) in [7, 11) is 0. The van der Waals surface area contributed by atoms with Crippen molar-refractivity contribution in [1.29, 1.82) is 0 Å². The highest BCUT2D eigenvalue weighted by Gasteiger charge is 2.16. The van der Waals surface area contributed by atoms with Gasteiger partial charge in [-0.2, -0.15) is 5.10 Å². The topological polar surface area (TPSA) is 70.4 Å². The number of fused-ring (bicyclic) bond motifs is 3. The molecule has 0 saturated heterocycles. The molecule has 122 valence electrons. The van der Waals surface area contributed by atoms with Crippen LogP contribution < -0.4 is 5.43 Å². The third-order valence-corrected chi connectivity index (χ3v) is 4.74. The number of nitrogens with zero attached hydrogens (tertiary/aromatic N) is 1. The zero-order chi connectivity index (χ0) is 16.5. The van der Waals surface area contributed by atoms with E-state index < -0.39 is 0 Å². The van der Waals surface area contributed by atoms with E-state index >= 15 is 0 Å². The van der Waals surface area contributed by atoms with Crippen LogP contribution in [-0.4, -0.2) is 17.1 Å². The fraction of sp³-hybridized carbons (Fsp3) is 0.222. The number of benzene rings is 1. The zero-order valence-electron chi connectivity index (χ0n) is 12.9. The third kappa shape index (κ3) is 2.89. The molecule has 2 N–H and O–H groups in total. The number of carbonyl (C=O) groups excluding carboxylic acids is 1. The summed E-state index contributed by atoms with van der Waals surface area (Å²) < 4.78 is 5.92. The second kappa shape index (κ2) is 6.28. The highest BCUT2D eigenvalue weighted by atomic mass is 79.9. The molecule has 24 heavy (non-hydrogen) atoms. The molecule has 5 nitrogen and oxygen atoms in total. The summed E-state index contributed by atoms with van der Waals surface area (Å²) in [6.45, 7) is 0. The van der Waals surface area contributed by atoms with E-state index in [1.165, 1.54) is 30.3 Å². The van der Waals surface area contributed by atoms with Crippen molar-refractivity contribution >= 4 is 39.0 Å². The average Bonchev–Trinajstić information content (AvgIpc) is 3.17. The van der Waals surface area contributed by atoms with Crippen molar-refractivity contribution in [1.82, 2.24) is 10.4 Å². The molecule has 1 amide bonds. The van der Waals surface area contributed by atoms with Crippen LogP contribution in [0.4, 0.5) is 0 Å². The maximum Gasteiger partial charge on any atom is 0.271 e. The molecule has 1 aromatic carbocycles. The van der Waals surface area contributed by atoms with Crippen molar-refractivity contribution in [3.05, 3.63) is 57.6 Å². The first kappa shape index (κ1) is 15.2. The first-order valence-corrected chi connectivity index (χ1v) is 8.72. The van der Waals surface area contributed by atoms with E-state index in [9.17, 15) is 4.79 Å². The third-order valence-electron chi connectivity index (χ3n) is 4.31. The number of aromatic nitrogens is 1. The van der Waals surface area contributed by atoms with Gasteiger partial charge in [0.15, 0.2) is 4.67 Å². The number of aryl methyl sites for hydroxylation is 2. The number of hydrogen-bond acceptors (Lipinski definition) is 3. The molecular weight excluding hydrogens is 370 g/mol. The number of halogens is 1. The Labute approximate surface area is 147 Å². The molecule has 0 fully saturated rings. The summed E-state index contributed by atoms with van der Waals surface area (Å²) in [6, 6.07) is 9.27. The fourth-order valence-electron chi connectivity index (χ4n) is 3.16. The summed E-state index contributed by atoms with van der Waals surface area (Å²) in [5.74, 6) is 0.335. The molecule has 3 aromatic rings. The minimum atomic E-state index is -0.232. The molecule has 0 spiro atoms. The van der Waals surface area contributed by atoms with E-state index in [1.807, 2.05) is 18.2 Å². The van der Waals surface area contributed by atoms with Crippen LogP contribution in [0.3, 0.4) is 0 Å². The molecule has 0 bridgehead atoms. The number of furan rings is 1. The number of hydrogen-bond donors (Lipinski definition) is 2. The Hall–Kier alpha value is -2.34. The van der Waals surface area contributed by atoms with Gasteiger partial charge in [0.25, 0.3) is 5.91 Å². The van der Waals surface area contributed by atoms with Crippen LogP contribution in [0.5, 0.6) is 0 Å². The molecule has 2 heterocycles. The largest absolute Gasteiger partial charge is 0.448 e. The molecule has 0 aliphatic heterocycles. The van der Waals surface area contributed by atoms with Gasteiger partial charge >= 0.3 is 0 Å². The molecule has 2 aromatic heterocycles. The van der Waals surface area contributed by atoms with Gasteiger partial charge in [0.2, 0.25) is 0 Å². The predicted molar refractivity (Wildman–Crippen MR) is 96.4 cm³/mol. The summed E-state index contributed by atoms with van der Waals surface area (Å²) in [5, 5.41) is 5.09. The lowest BCUT2D eigenvalue weighted by atomic mass is 9.95. The molecule has 0 radical (unpaired) electrons. The number of nitrogens with one attached hydrogen (secondary N) is 2. The van der Waals surface area contributed by atoms with E-state index in [0.717, 1.165) is 23.7 Å². The number of amides is 1. The van der Waals surface area contributed by atoms with Crippen molar-refractivity contribution in [2.75, 3.05) is 0 Å². The second-order valence-corrected chi connectivity index (χ2v) is 6.67. The Bertz CT molecular complexity index is 939. The number of rotatable bonds is 3. The normalized spacial score (nSPS) is 14.2. The molecule has 0 atom stereocenters. The molecule has 1 aliphatic rings. The summed E-state index contributed by atoms with van der Waals surface area (Å²) >= 11 is 3.22. The van der Waals surface area contributed by atoms with Crippen LogP contribution in [0.2, 0.25) is 0 Å². The van der Waals surface area contributed by atoms with Crippen LogP contribution in [0.1, 0.15) is 40.2 Å². The molecule has 0 saturated carbocycles. The maximum absolute atomic E-state index is 12.3. The van der Waals surface area contributed by atoms with Gasteiger partial charge in [-0.05, 0) is 77.5 Å². The highest BCUT2D eigenvalue weighted by Crippen LogP contribution is 2.29. The highest BCUT2D eigenvalue weighted by molar-refractivity contribution is 9.10. The smallest absolute Gasteiger partial charge is 0.271 e. The van der Waals surface area contributed by atoms with Crippen molar-refractivity contribution in [3.63, 3.8) is 0 Å². The van der Waals surface area contributed by atoms with Crippen molar-refractivity contribution in [3.8, 4) is 0 Å². The standard InChI is InChI=1S/C18H16BrN3O2/c19-17-8-6-12(24-17)10-20-22-18(23)11-5-7-16-14(9-11)13-3-1-2-4-15(13)21-16/h5-10,21H,1-4H2,(H,22,23)/b20-10+. The Morgan fingerprint density at radius 1 is 1.25 bits per heavy atom. The van der Waals surface area contributed by atoms with Gasteiger partial charge in [-0.3, -0.25) is 4.79 Å². The number of hydrazone groups is 1. The Balaban J connectivity index is 1.54. The molecule has 4 rings (SSSR count). The zero-order valence-corrected chi connectivity index (χ0v) is 14.5. The summed E-state index contributed by atoms with van der Waals surface area (Å²) in [5.41, 5.74) is 6.91. The van der Waals surface area contributed by atoms with E-state index in [-0.39, 0.29) is 5.91 Å².